The van der Waals surface area contributed by atoms with E-state index in [1.54, 1.807) is 7.11 Å². The van der Waals surface area contributed by atoms with Gasteiger partial charge in [0, 0.05) is 31.9 Å². The SMILES string of the molecule is COc1ccccc1NC(=O)N1CCC2(CC1)CCN(C(=O)[C@@H]1CSC(=O)N1)C2. The van der Waals surface area contributed by atoms with E-state index in [9.17, 15) is 14.4 Å². The minimum Gasteiger partial charge on any atom is -0.495 e. The normalized spacial score (nSPS) is 23.2. The molecule has 3 saturated heterocycles. The van der Waals surface area contributed by atoms with Gasteiger partial charge in [0.15, 0.2) is 0 Å². The Morgan fingerprint density at radius 3 is 2.52 bits per heavy atom. The van der Waals surface area contributed by atoms with Gasteiger partial charge in [-0.1, -0.05) is 23.9 Å². The summed E-state index contributed by atoms with van der Waals surface area (Å²) in [4.78, 5) is 40.4. The second-order valence-corrected chi connectivity index (χ2v) is 8.92. The predicted octanol–water partition coefficient (Wildman–Crippen LogP) is 2.37. The number of amides is 4. The summed E-state index contributed by atoms with van der Waals surface area (Å²) in [6.45, 7) is 2.77. The van der Waals surface area contributed by atoms with E-state index in [1.807, 2.05) is 34.1 Å². The van der Waals surface area contributed by atoms with Crippen molar-refractivity contribution in [2.24, 2.45) is 5.41 Å². The second-order valence-electron chi connectivity index (χ2n) is 7.92. The number of piperidine rings is 1. The molecule has 1 atom stereocenters. The highest BCUT2D eigenvalue weighted by Crippen LogP contribution is 2.41. The molecule has 1 spiro atoms. The Bertz CT molecular complexity index is 809. The highest BCUT2D eigenvalue weighted by molar-refractivity contribution is 8.14. The van der Waals surface area contributed by atoms with Crippen molar-refractivity contribution in [1.29, 1.82) is 0 Å². The van der Waals surface area contributed by atoms with Gasteiger partial charge in [-0.2, -0.15) is 0 Å². The third-order valence-electron chi connectivity index (χ3n) is 6.18. The second kappa shape index (κ2) is 8.14. The van der Waals surface area contributed by atoms with Crippen molar-refractivity contribution in [3.63, 3.8) is 0 Å². The van der Waals surface area contributed by atoms with Gasteiger partial charge < -0.3 is 25.2 Å². The van der Waals surface area contributed by atoms with Crippen molar-refractivity contribution < 1.29 is 19.1 Å². The Morgan fingerprint density at radius 1 is 1.17 bits per heavy atom. The standard InChI is InChI=1S/C20H26N4O4S/c1-28-16-5-3-2-4-14(16)21-18(26)23-9-6-20(7-10-23)8-11-24(13-20)17(25)15-12-29-19(27)22-15/h2-5,15H,6-13H2,1H3,(H,21,26)(H,22,27)/t15-/m0/s1. The maximum atomic E-state index is 12.7. The average Bonchev–Trinajstić information content (AvgIpc) is 3.35. The number of nitrogens with one attached hydrogen (secondary N) is 2. The third kappa shape index (κ3) is 4.14. The molecule has 3 aliphatic rings. The van der Waals surface area contributed by atoms with Crippen molar-refractivity contribution in [3.05, 3.63) is 24.3 Å². The highest BCUT2D eigenvalue weighted by Gasteiger charge is 2.44. The lowest BCUT2D eigenvalue weighted by Crippen LogP contribution is -2.48. The number of ether oxygens (including phenoxy) is 1. The monoisotopic (exact) mass is 418 g/mol. The molecule has 0 bridgehead atoms. The Balaban J connectivity index is 1.30. The van der Waals surface area contributed by atoms with Gasteiger partial charge in [0.25, 0.3) is 5.24 Å². The van der Waals surface area contributed by atoms with Gasteiger partial charge in [0.2, 0.25) is 5.91 Å². The molecule has 156 valence electrons. The van der Waals surface area contributed by atoms with Crippen LogP contribution in [0.3, 0.4) is 0 Å². The van der Waals surface area contributed by atoms with E-state index in [0.29, 0.717) is 36.8 Å². The zero-order chi connectivity index (χ0) is 20.4. The number of methoxy groups -OCH3 is 1. The van der Waals surface area contributed by atoms with Gasteiger partial charge in [0.1, 0.15) is 11.8 Å². The van der Waals surface area contributed by atoms with Crippen LogP contribution in [0.2, 0.25) is 0 Å². The molecular formula is C20H26N4O4S. The van der Waals surface area contributed by atoms with Crippen LogP contribution in [0.1, 0.15) is 19.3 Å². The van der Waals surface area contributed by atoms with Crippen LogP contribution in [-0.2, 0) is 4.79 Å². The summed E-state index contributed by atoms with van der Waals surface area (Å²) in [7, 11) is 1.58. The zero-order valence-electron chi connectivity index (χ0n) is 16.5. The Hall–Kier alpha value is -2.42. The predicted molar refractivity (Wildman–Crippen MR) is 111 cm³/mol. The van der Waals surface area contributed by atoms with Gasteiger partial charge >= 0.3 is 6.03 Å². The van der Waals surface area contributed by atoms with E-state index < -0.39 is 6.04 Å². The summed E-state index contributed by atoms with van der Waals surface area (Å²) in [5.41, 5.74) is 0.738. The van der Waals surface area contributed by atoms with E-state index in [1.165, 1.54) is 11.8 Å². The fourth-order valence-electron chi connectivity index (χ4n) is 4.40. The number of rotatable bonds is 3. The molecule has 0 saturated carbocycles. The van der Waals surface area contributed by atoms with Gasteiger partial charge in [0.05, 0.1) is 12.8 Å². The summed E-state index contributed by atoms with van der Waals surface area (Å²) >= 11 is 1.17. The number of likely N-dealkylation sites (tertiary alicyclic amines) is 2. The van der Waals surface area contributed by atoms with Gasteiger partial charge in [-0.3, -0.25) is 9.59 Å². The lowest BCUT2D eigenvalue weighted by Gasteiger charge is -2.39. The fourth-order valence-corrected chi connectivity index (χ4v) is 5.17. The molecule has 0 radical (unpaired) electrons. The van der Waals surface area contributed by atoms with Gasteiger partial charge in [-0.15, -0.1) is 0 Å². The number of hydrogen-bond acceptors (Lipinski definition) is 5. The molecule has 3 heterocycles. The number of thioether (sulfide) groups is 1. The van der Waals surface area contributed by atoms with Gasteiger partial charge in [-0.05, 0) is 36.8 Å². The molecule has 0 aromatic heterocycles. The molecule has 0 aliphatic carbocycles. The number of para-hydroxylation sites is 2. The quantitative estimate of drug-likeness (QED) is 0.786. The van der Waals surface area contributed by atoms with Crippen molar-refractivity contribution in [1.82, 2.24) is 15.1 Å². The lowest BCUT2D eigenvalue weighted by molar-refractivity contribution is -0.132. The van der Waals surface area contributed by atoms with Crippen LogP contribution in [-0.4, -0.2) is 72.1 Å². The average molecular weight is 419 g/mol. The molecule has 4 amide bonds. The van der Waals surface area contributed by atoms with Crippen LogP contribution in [0.5, 0.6) is 5.75 Å². The third-order valence-corrected chi connectivity index (χ3v) is 7.06. The molecule has 4 rings (SSSR count). The van der Waals surface area contributed by atoms with Crippen LogP contribution in [0.15, 0.2) is 24.3 Å². The molecule has 29 heavy (non-hydrogen) atoms. The van der Waals surface area contributed by atoms with Crippen LogP contribution >= 0.6 is 11.8 Å². The lowest BCUT2D eigenvalue weighted by atomic mass is 9.78. The van der Waals surface area contributed by atoms with Crippen LogP contribution in [0.25, 0.3) is 0 Å². The molecule has 1 aromatic carbocycles. The summed E-state index contributed by atoms with van der Waals surface area (Å²) in [5, 5.41) is 5.55. The number of nitrogens with zero attached hydrogens (tertiary/aromatic N) is 2. The number of hydrogen-bond donors (Lipinski definition) is 2. The van der Waals surface area contributed by atoms with E-state index in [4.69, 9.17) is 4.74 Å². The maximum absolute atomic E-state index is 12.7. The highest BCUT2D eigenvalue weighted by atomic mass is 32.2. The molecule has 0 unspecified atom stereocenters. The van der Waals surface area contributed by atoms with Crippen molar-refractivity contribution in [2.45, 2.75) is 25.3 Å². The zero-order valence-corrected chi connectivity index (χ0v) is 17.3. The Kier molecular flexibility index (Phi) is 5.58. The van der Waals surface area contributed by atoms with Crippen LogP contribution in [0.4, 0.5) is 15.3 Å². The number of benzene rings is 1. The molecular weight excluding hydrogens is 392 g/mol. The first-order valence-corrected chi connectivity index (χ1v) is 10.9. The summed E-state index contributed by atoms with van der Waals surface area (Å²) in [6, 6.07) is 6.84. The van der Waals surface area contributed by atoms with Crippen LogP contribution in [0, 0.1) is 5.41 Å². The molecule has 1 aromatic rings. The first-order chi connectivity index (χ1) is 14.0. The summed E-state index contributed by atoms with van der Waals surface area (Å²) in [5.74, 6) is 1.17. The van der Waals surface area contributed by atoms with E-state index >= 15 is 0 Å². The summed E-state index contributed by atoms with van der Waals surface area (Å²) < 4.78 is 5.29. The number of carbonyl (C=O) groups excluding carboxylic acids is 3. The van der Waals surface area contributed by atoms with E-state index in [2.05, 4.69) is 10.6 Å². The molecule has 3 fully saturated rings. The van der Waals surface area contributed by atoms with Crippen molar-refractivity contribution in [3.8, 4) is 5.75 Å². The molecule has 8 nitrogen and oxygen atoms in total. The molecule has 3 aliphatic heterocycles. The fraction of sp³-hybridized carbons (Fsp3) is 0.550. The Morgan fingerprint density at radius 2 is 1.86 bits per heavy atom. The van der Waals surface area contributed by atoms with E-state index in [0.717, 1.165) is 25.8 Å². The number of carbonyl (C=O) groups is 3. The maximum Gasteiger partial charge on any atom is 0.321 e. The van der Waals surface area contributed by atoms with Crippen LogP contribution < -0.4 is 15.4 Å². The van der Waals surface area contributed by atoms with Gasteiger partial charge in [-0.25, -0.2) is 4.79 Å². The summed E-state index contributed by atoms with van der Waals surface area (Å²) in [6.07, 6.45) is 2.71. The minimum atomic E-state index is -0.394. The molecule has 9 heteroatoms. The first kappa shape index (κ1) is 19.9. The topological polar surface area (TPSA) is 91.0 Å². The number of urea groups is 1. The molecule has 2 N–H and O–H groups in total. The largest absolute Gasteiger partial charge is 0.495 e. The van der Waals surface area contributed by atoms with Crippen molar-refractivity contribution >= 4 is 34.6 Å². The smallest absolute Gasteiger partial charge is 0.321 e. The Labute approximate surface area is 174 Å². The minimum absolute atomic E-state index is 0.0246. The van der Waals surface area contributed by atoms with Crippen molar-refractivity contribution in [2.75, 3.05) is 44.4 Å². The van der Waals surface area contributed by atoms with E-state index in [-0.39, 0.29) is 22.6 Å². The number of anilines is 1. The first-order valence-electron chi connectivity index (χ1n) is 9.91.